The molecule has 0 spiro atoms. The number of aryl methyl sites for hydroxylation is 1. The van der Waals surface area contributed by atoms with Crippen molar-refractivity contribution < 1.29 is 4.79 Å². The van der Waals surface area contributed by atoms with Crippen LogP contribution in [0.5, 0.6) is 0 Å². The van der Waals surface area contributed by atoms with Crippen LogP contribution < -0.4 is 10.2 Å². The number of carbonyl (C=O) groups is 1. The molecular formula is C24H32N8O. The van der Waals surface area contributed by atoms with Gasteiger partial charge in [0.1, 0.15) is 11.5 Å². The fourth-order valence-corrected chi connectivity index (χ4v) is 4.76. The predicted molar refractivity (Wildman–Crippen MR) is 129 cm³/mol. The second-order valence-corrected chi connectivity index (χ2v) is 8.97. The summed E-state index contributed by atoms with van der Waals surface area (Å²) in [7, 11) is 1.93. The number of fused-ring (bicyclic) bond motifs is 1. The molecule has 0 atom stereocenters. The van der Waals surface area contributed by atoms with Gasteiger partial charge in [0.15, 0.2) is 5.65 Å². The van der Waals surface area contributed by atoms with Crippen LogP contribution in [0, 0.1) is 0 Å². The van der Waals surface area contributed by atoms with Crippen LogP contribution in [0.2, 0.25) is 0 Å². The summed E-state index contributed by atoms with van der Waals surface area (Å²) >= 11 is 0. The smallest absolute Gasteiger partial charge is 0.224 e. The second kappa shape index (κ2) is 9.72. The Balaban J connectivity index is 1.27. The Morgan fingerprint density at radius 3 is 2.39 bits per heavy atom. The largest absolute Gasteiger partial charge is 0.357 e. The minimum absolute atomic E-state index is 0.198. The van der Waals surface area contributed by atoms with E-state index in [2.05, 4.69) is 32.3 Å². The van der Waals surface area contributed by atoms with Crippen LogP contribution in [0.3, 0.4) is 0 Å². The summed E-state index contributed by atoms with van der Waals surface area (Å²) < 4.78 is 1.84. The first-order chi connectivity index (χ1) is 16.2. The Morgan fingerprint density at radius 1 is 0.970 bits per heavy atom. The minimum atomic E-state index is 0.198. The number of anilines is 2. The molecule has 3 aromatic rings. The van der Waals surface area contributed by atoms with E-state index in [1.54, 1.807) is 12.4 Å². The van der Waals surface area contributed by atoms with E-state index in [0.29, 0.717) is 18.9 Å². The molecule has 1 N–H and O–H groups in total. The molecule has 2 aliphatic rings. The fraction of sp³-hybridized carbons (Fsp3) is 0.542. The van der Waals surface area contributed by atoms with Crippen LogP contribution in [0.25, 0.3) is 22.3 Å². The highest BCUT2D eigenvalue weighted by Gasteiger charge is 2.18. The van der Waals surface area contributed by atoms with E-state index in [9.17, 15) is 4.79 Å². The average molecular weight is 449 g/mol. The van der Waals surface area contributed by atoms with Gasteiger partial charge in [0, 0.05) is 69.5 Å². The van der Waals surface area contributed by atoms with E-state index in [1.807, 2.05) is 16.6 Å². The zero-order valence-electron chi connectivity index (χ0n) is 19.3. The van der Waals surface area contributed by atoms with Gasteiger partial charge in [-0.3, -0.25) is 4.79 Å². The highest BCUT2D eigenvalue weighted by molar-refractivity contribution is 5.91. The zero-order chi connectivity index (χ0) is 22.6. The van der Waals surface area contributed by atoms with Crippen molar-refractivity contribution in [3.05, 3.63) is 24.5 Å². The Bertz CT molecular complexity index is 1100. The number of carbonyl (C=O) groups excluding carboxylic acids is 1. The monoisotopic (exact) mass is 448 g/mol. The van der Waals surface area contributed by atoms with Gasteiger partial charge in [0.25, 0.3) is 0 Å². The summed E-state index contributed by atoms with van der Waals surface area (Å²) in [5, 5.41) is 8.86. The lowest BCUT2D eigenvalue weighted by atomic mass is 10.1. The minimum Gasteiger partial charge on any atom is -0.357 e. The molecule has 0 aromatic carbocycles. The Labute approximate surface area is 194 Å². The highest BCUT2D eigenvalue weighted by atomic mass is 16.2. The number of hydrogen-bond donors (Lipinski definition) is 1. The van der Waals surface area contributed by atoms with Crippen molar-refractivity contribution in [2.75, 3.05) is 42.9 Å². The molecule has 2 fully saturated rings. The number of likely N-dealkylation sites (tertiary alicyclic amines) is 1. The van der Waals surface area contributed by atoms with Crippen LogP contribution in [-0.4, -0.2) is 68.3 Å². The molecule has 1 amide bonds. The van der Waals surface area contributed by atoms with Gasteiger partial charge in [-0.2, -0.15) is 5.10 Å². The first kappa shape index (κ1) is 21.6. The number of rotatable bonds is 6. The van der Waals surface area contributed by atoms with E-state index in [1.165, 1.54) is 25.7 Å². The van der Waals surface area contributed by atoms with Crippen molar-refractivity contribution in [2.45, 2.75) is 44.9 Å². The quantitative estimate of drug-likeness (QED) is 0.619. The number of pyridine rings is 1. The average Bonchev–Trinajstić information content (AvgIpc) is 3.40. The molecule has 2 aliphatic heterocycles. The van der Waals surface area contributed by atoms with Gasteiger partial charge in [-0.1, -0.05) is 12.8 Å². The van der Waals surface area contributed by atoms with Crippen molar-refractivity contribution in [1.29, 1.82) is 0 Å². The first-order valence-corrected chi connectivity index (χ1v) is 12.1. The summed E-state index contributed by atoms with van der Waals surface area (Å²) in [6.45, 7) is 4.43. The molecule has 5 rings (SSSR count). The van der Waals surface area contributed by atoms with Crippen LogP contribution >= 0.6 is 0 Å². The number of nitrogens with one attached hydrogen (secondary N) is 1. The lowest BCUT2D eigenvalue weighted by Crippen LogP contribution is -2.29. The molecule has 5 heterocycles. The van der Waals surface area contributed by atoms with Crippen LogP contribution in [0.1, 0.15) is 44.9 Å². The van der Waals surface area contributed by atoms with Crippen molar-refractivity contribution in [3.63, 3.8) is 0 Å². The van der Waals surface area contributed by atoms with E-state index in [4.69, 9.17) is 10.1 Å². The number of amides is 1. The zero-order valence-corrected chi connectivity index (χ0v) is 19.3. The number of hydrogen-bond acceptors (Lipinski definition) is 7. The van der Waals surface area contributed by atoms with E-state index < -0.39 is 0 Å². The molecular weight excluding hydrogens is 416 g/mol. The summed E-state index contributed by atoms with van der Waals surface area (Å²) in [5.74, 6) is 1.75. The van der Waals surface area contributed by atoms with Crippen molar-refractivity contribution in [1.82, 2.24) is 29.6 Å². The van der Waals surface area contributed by atoms with Gasteiger partial charge in [-0.15, -0.1) is 0 Å². The summed E-state index contributed by atoms with van der Waals surface area (Å²) in [4.78, 5) is 30.3. The molecule has 0 bridgehead atoms. The summed E-state index contributed by atoms with van der Waals surface area (Å²) in [5.41, 5.74) is 2.55. The molecule has 174 valence electrons. The summed E-state index contributed by atoms with van der Waals surface area (Å²) in [6, 6.07) is 4.22. The normalized spacial score (nSPS) is 16.9. The third kappa shape index (κ3) is 4.77. The lowest BCUT2D eigenvalue weighted by Gasteiger charge is -2.21. The number of aromatic nitrogens is 5. The van der Waals surface area contributed by atoms with E-state index in [0.717, 1.165) is 67.1 Å². The third-order valence-electron chi connectivity index (χ3n) is 6.61. The number of nitrogens with zero attached hydrogens (tertiary/aromatic N) is 7. The summed E-state index contributed by atoms with van der Waals surface area (Å²) in [6.07, 6.45) is 11.3. The molecule has 2 saturated heterocycles. The molecule has 0 aliphatic carbocycles. The second-order valence-electron chi connectivity index (χ2n) is 8.97. The van der Waals surface area contributed by atoms with Crippen LogP contribution in [0.15, 0.2) is 24.5 Å². The molecule has 0 unspecified atom stereocenters. The van der Waals surface area contributed by atoms with E-state index in [-0.39, 0.29) is 5.91 Å². The van der Waals surface area contributed by atoms with Crippen LogP contribution in [0.4, 0.5) is 11.8 Å². The van der Waals surface area contributed by atoms with E-state index >= 15 is 0 Å². The third-order valence-corrected chi connectivity index (χ3v) is 6.61. The molecule has 33 heavy (non-hydrogen) atoms. The maximum absolute atomic E-state index is 12.2. The van der Waals surface area contributed by atoms with Gasteiger partial charge in [-0.25, -0.2) is 19.6 Å². The highest BCUT2D eigenvalue weighted by Crippen LogP contribution is 2.28. The van der Waals surface area contributed by atoms with Crippen molar-refractivity contribution in [2.24, 2.45) is 7.05 Å². The SMILES string of the molecule is Cn1nc(-c2cnc(NCCC(=O)N3CCCC3)nc2)c2ccc(N3CCCCCC3)nc21. The lowest BCUT2D eigenvalue weighted by molar-refractivity contribution is -0.129. The van der Waals surface area contributed by atoms with Gasteiger partial charge < -0.3 is 15.1 Å². The van der Waals surface area contributed by atoms with Gasteiger partial charge >= 0.3 is 0 Å². The Hall–Kier alpha value is -3.23. The first-order valence-electron chi connectivity index (χ1n) is 12.1. The predicted octanol–water partition coefficient (Wildman–Crippen LogP) is 3.23. The topological polar surface area (TPSA) is 92.1 Å². The standard InChI is InChI=1S/C24H32N8O/c1-30-23-19(8-9-20(28-23)31-12-4-2-3-5-13-31)22(29-30)18-16-26-24(27-17-18)25-11-10-21(33)32-14-6-7-15-32/h8-9,16-17H,2-7,10-15H2,1H3,(H,25,26,27). The Morgan fingerprint density at radius 2 is 1.67 bits per heavy atom. The molecule has 9 heteroatoms. The van der Waals surface area contributed by atoms with Gasteiger partial charge in [0.05, 0.1) is 0 Å². The maximum atomic E-state index is 12.2. The molecule has 3 aromatic heterocycles. The molecule has 9 nitrogen and oxygen atoms in total. The van der Waals surface area contributed by atoms with Gasteiger partial charge in [0.2, 0.25) is 11.9 Å². The fourth-order valence-electron chi connectivity index (χ4n) is 4.76. The van der Waals surface area contributed by atoms with Crippen LogP contribution in [-0.2, 0) is 11.8 Å². The maximum Gasteiger partial charge on any atom is 0.224 e. The molecule has 0 saturated carbocycles. The Kier molecular flexibility index (Phi) is 6.37. The van der Waals surface area contributed by atoms with Crippen molar-refractivity contribution in [3.8, 4) is 11.3 Å². The van der Waals surface area contributed by atoms with Crippen molar-refractivity contribution >= 4 is 28.7 Å². The van der Waals surface area contributed by atoms with Gasteiger partial charge in [-0.05, 0) is 37.8 Å². The molecule has 0 radical (unpaired) electrons.